The van der Waals surface area contributed by atoms with Gasteiger partial charge in [-0.3, -0.25) is 4.79 Å². The summed E-state index contributed by atoms with van der Waals surface area (Å²) in [7, 11) is 0. The minimum absolute atomic E-state index is 0.0419. The first kappa shape index (κ1) is 17.2. The molecule has 132 valence electrons. The molecule has 0 atom stereocenters. The number of hydrogen-bond donors (Lipinski definition) is 1. The molecular weight excluding hydrogens is 333 g/mol. The normalized spacial score (nSPS) is 14.0. The van der Waals surface area contributed by atoms with Crippen LogP contribution in [0.4, 0.5) is 19.0 Å². The first-order chi connectivity index (χ1) is 12.0. The van der Waals surface area contributed by atoms with Gasteiger partial charge in [0.25, 0.3) is 5.91 Å². The highest BCUT2D eigenvalue weighted by Crippen LogP contribution is 2.19. The average Bonchev–Trinajstić information content (AvgIpc) is 3.12. The van der Waals surface area contributed by atoms with Crippen LogP contribution in [0.1, 0.15) is 34.7 Å². The summed E-state index contributed by atoms with van der Waals surface area (Å²) in [5, 5.41) is 2.44. The molecule has 25 heavy (non-hydrogen) atoms. The smallest absolute Gasteiger partial charge is 0.254 e. The molecule has 1 aliphatic rings. The van der Waals surface area contributed by atoms with E-state index in [0.717, 1.165) is 43.5 Å². The molecule has 0 saturated carbocycles. The number of amides is 1. The van der Waals surface area contributed by atoms with Gasteiger partial charge in [-0.1, -0.05) is 0 Å². The number of anilines is 1. The second kappa shape index (κ2) is 7.08. The zero-order valence-corrected chi connectivity index (χ0v) is 13.7. The van der Waals surface area contributed by atoms with Gasteiger partial charge in [0.15, 0.2) is 17.5 Å². The first-order valence-electron chi connectivity index (χ1n) is 7.97. The molecule has 1 N–H and O–H groups in total. The third-order valence-corrected chi connectivity index (χ3v) is 4.00. The molecule has 3 rings (SSSR count). The molecular formula is C17H17F3N4O. The van der Waals surface area contributed by atoms with Crippen molar-refractivity contribution < 1.29 is 18.0 Å². The third kappa shape index (κ3) is 3.72. The van der Waals surface area contributed by atoms with Crippen molar-refractivity contribution in [2.75, 3.05) is 18.0 Å². The van der Waals surface area contributed by atoms with Crippen molar-refractivity contribution >= 4 is 11.7 Å². The summed E-state index contributed by atoms with van der Waals surface area (Å²) in [5.41, 5.74) is 0.187. The molecule has 0 unspecified atom stereocenters. The fourth-order valence-electron chi connectivity index (χ4n) is 2.76. The minimum atomic E-state index is -1.67. The predicted octanol–water partition coefficient (Wildman–Crippen LogP) is 2.73. The molecule has 0 bridgehead atoms. The van der Waals surface area contributed by atoms with Gasteiger partial charge >= 0.3 is 0 Å². The number of nitrogens with zero attached hydrogens (tertiary/aromatic N) is 3. The lowest BCUT2D eigenvalue weighted by atomic mass is 10.2. The van der Waals surface area contributed by atoms with Gasteiger partial charge in [0.1, 0.15) is 11.6 Å². The van der Waals surface area contributed by atoms with Crippen molar-refractivity contribution in [3.05, 3.63) is 52.7 Å². The zero-order chi connectivity index (χ0) is 18.0. The maximum atomic E-state index is 13.7. The number of nitrogens with one attached hydrogen (secondary N) is 1. The van der Waals surface area contributed by atoms with Gasteiger partial charge in [-0.25, -0.2) is 23.1 Å². The molecule has 2 heterocycles. The number of rotatable bonds is 4. The van der Waals surface area contributed by atoms with Crippen molar-refractivity contribution in [3.63, 3.8) is 0 Å². The van der Waals surface area contributed by atoms with Crippen LogP contribution in [-0.4, -0.2) is 29.0 Å². The Balaban J connectivity index is 1.73. The van der Waals surface area contributed by atoms with Gasteiger partial charge in [0.05, 0.1) is 12.1 Å². The molecule has 0 aliphatic carbocycles. The summed E-state index contributed by atoms with van der Waals surface area (Å²) < 4.78 is 39.8. The number of hydrogen-bond acceptors (Lipinski definition) is 4. The fourth-order valence-corrected chi connectivity index (χ4v) is 2.76. The first-order valence-corrected chi connectivity index (χ1v) is 7.97. The number of carbonyl (C=O) groups excluding carboxylic acids is 1. The van der Waals surface area contributed by atoms with Gasteiger partial charge in [0.2, 0.25) is 0 Å². The van der Waals surface area contributed by atoms with Crippen molar-refractivity contribution in [2.45, 2.75) is 26.3 Å². The largest absolute Gasteiger partial charge is 0.357 e. The van der Waals surface area contributed by atoms with Gasteiger partial charge < -0.3 is 10.2 Å². The van der Waals surface area contributed by atoms with Crippen LogP contribution in [0.25, 0.3) is 0 Å². The molecule has 1 aromatic heterocycles. The van der Waals surface area contributed by atoms with Crippen LogP contribution in [0.3, 0.4) is 0 Å². The standard InChI is InChI=1S/C17H17F3N4O/c1-10-8-14(24-6-2-3-7-24)23-13(22-10)9-21-17(25)11-4-5-12(18)16(20)15(11)19/h4-5,8H,2-3,6-7,9H2,1H3,(H,21,25). The van der Waals surface area contributed by atoms with E-state index in [1.807, 2.05) is 13.0 Å². The molecule has 8 heteroatoms. The zero-order valence-electron chi connectivity index (χ0n) is 13.7. The van der Waals surface area contributed by atoms with Gasteiger partial charge in [0, 0.05) is 24.8 Å². The molecule has 0 spiro atoms. The molecule has 1 saturated heterocycles. The van der Waals surface area contributed by atoms with Crippen LogP contribution in [0.2, 0.25) is 0 Å². The summed E-state index contributed by atoms with van der Waals surface area (Å²) in [4.78, 5) is 22.8. The van der Waals surface area contributed by atoms with Gasteiger partial charge in [-0.2, -0.15) is 0 Å². The van der Waals surface area contributed by atoms with E-state index in [0.29, 0.717) is 11.9 Å². The van der Waals surface area contributed by atoms with E-state index in [1.54, 1.807) is 0 Å². The Labute approximate surface area is 142 Å². The Morgan fingerprint density at radius 1 is 1.16 bits per heavy atom. The maximum Gasteiger partial charge on any atom is 0.254 e. The third-order valence-electron chi connectivity index (χ3n) is 4.00. The molecule has 5 nitrogen and oxygen atoms in total. The molecule has 1 aliphatic heterocycles. The van der Waals surface area contributed by atoms with E-state index in [1.165, 1.54) is 0 Å². The summed E-state index contributed by atoms with van der Waals surface area (Å²) in [6.45, 7) is 3.62. The number of aromatic nitrogens is 2. The van der Waals surface area contributed by atoms with Crippen LogP contribution in [0.15, 0.2) is 18.2 Å². The topological polar surface area (TPSA) is 58.1 Å². The maximum absolute atomic E-state index is 13.7. The lowest BCUT2D eigenvalue weighted by Crippen LogP contribution is -2.26. The van der Waals surface area contributed by atoms with Crippen molar-refractivity contribution in [3.8, 4) is 0 Å². The lowest BCUT2D eigenvalue weighted by Gasteiger charge is -2.17. The summed E-state index contributed by atoms with van der Waals surface area (Å²) in [5.74, 6) is -4.22. The van der Waals surface area contributed by atoms with Crippen molar-refractivity contribution in [1.82, 2.24) is 15.3 Å². The second-order valence-electron chi connectivity index (χ2n) is 5.88. The summed E-state index contributed by atoms with van der Waals surface area (Å²) >= 11 is 0. The fraction of sp³-hybridized carbons (Fsp3) is 0.353. The van der Waals surface area contributed by atoms with Crippen LogP contribution in [-0.2, 0) is 6.54 Å². The predicted molar refractivity (Wildman–Crippen MR) is 85.7 cm³/mol. The summed E-state index contributed by atoms with van der Waals surface area (Å²) in [6, 6.07) is 3.48. The van der Waals surface area contributed by atoms with Crippen molar-refractivity contribution in [2.24, 2.45) is 0 Å². The summed E-state index contributed by atoms with van der Waals surface area (Å²) in [6.07, 6.45) is 2.20. The number of benzene rings is 1. The monoisotopic (exact) mass is 350 g/mol. The lowest BCUT2D eigenvalue weighted by molar-refractivity contribution is 0.0944. The highest BCUT2D eigenvalue weighted by atomic mass is 19.2. The highest BCUT2D eigenvalue weighted by Gasteiger charge is 2.19. The Hall–Kier alpha value is -2.64. The van der Waals surface area contributed by atoms with E-state index in [-0.39, 0.29) is 6.54 Å². The second-order valence-corrected chi connectivity index (χ2v) is 5.88. The van der Waals surface area contributed by atoms with E-state index < -0.39 is 28.9 Å². The van der Waals surface area contributed by atoms with Crippen LogP contribution in [0.5, 0.6) is 0 Å². The number of halogens is 3. The molecule has 1 aromatic carbocycles. The minimum Gasteiger partial charge on any atom is -0.357 e. The Morgan fingerprint density at radius 2 is 1.88 bits per heavy atom. The Bertz CT molecular complexity index is 807. The highest BCUT2D eigenvalue weighted by molar-refractivity contribution is 5.94. The van der Waals surface area contributed by atoms with E-state index in [2.05, 4.69) is 20.2 Å². The average molecular weight is 350 g/mol. The van der Waals surface area contributed by atoms with Crippen molar-refractivity contribution in [1.29, 1.82) is 0 Å². The molecule has 2 aromatic rings. The SMILES string of the molecule is Cc1cc(N2CCCC2)nc(CNC(=O)c2ccc(F)c(F)c2F)n1. The Morgan fingerprint density at radius 3 is 2.60 bits per heavy atom. The van der Waals surface area contributed by atoms with Crippen LogP contribution in [0, 0.1) is 24.4 Å². The Kier molecular flexibility index (Phi) is 4.87. The molecule has 0 radical (unpaired) electrons. The van der Waals surface area contributed by atoms with E-state index >= 15 is 0 Å². The molecule has 1 fully saturated rings. The van der Waals surface area contributed by atoms with E-state index in [4.69, 9.17) is 0 Å². The van der Waals surface area contributed by atoms with Crippen LogP contribution < -0.4 is 10.2 Å². The number of carbonyl (C=O) groups is 1. The quantitative estimate of drug-likeness (QED) is 0.862. The van der Waals surface area contributed by atoms with Gasteiger partial charge in [-0.15, -0.1) is 0 Å². The van der Waals surface area contributed by atoms with Gasteiger partial charge in [-0.05, 0) is 31.9 Å². The number of aryl methyl sites for hydroxylation is 1. The van der Waals surface area contributed by atoms with Crippen LogP contribution >= 0.6 is 0 Å². The molecule has 1 amide bonds. The van der Waals surface area contributed by atoms with E-state index in [9.17, 15) is 18.0 Å².